The third-order valence-electron chi connectivity index (χ3n) is 6.72. The molecule has 0 saturated carbocycles. The van der Waals surface area contributed by atoms with E-state index >= 15 is 4.39 Å². The highest BCUT2D eigenvalue weighted by atomic mass is 32.2. The number of ether oxygens (including phenoxy) is 2. The Morgan fingerprint density at radius 1 is 1.20 bits per heavy atom. The number of alkyl carbamates (subject to hydrolysis) is 1. The highest BCUT2D eigenvalue weighted by Crippen LogP contribution is 2.42. The molecule has 3 amide bonds. The van der Waals surface area contributed by atoms with Crippen LogP contribution in [-0.2, 0) is 35.3 Å². The number of hydrogen-bond acceptors (Lipinski definition) is 12. The molecule has 208 valence electrons. The molecule has 6 rings (SSSR count). The molecule has 0 spiro atoms. The van der Waals surface area contributed by atoms with Gasteiger partial charge in [0.1, 0.15) is 19.1 Å². The Morgan fingerprint density at radius 3 is 2.75 bits per heavy atom. The zero-order valence-electron chi connectivity index (χ0n) is 20.7. The Hall–Kier alpha value is -3.89. The average molecular weight is 573 g/mol. The number of carbonyl (C=O) groups excluding carboxylic acids is 4. The number of amides is 3. The number of fused-ring (bicyclic) bond motifs is 1. The van der Waals surface area contributed by atoms with Crippen LogP contribution in [0.3, 0.4) is 0 Å². The van der Waals surface area contributed by atoms with Crippen molar-refractivity contribution in [3.05, 3.63) is 59.4 Å². The van der Waals surface area contributed by atoms with Crippen molar-refractivity contribution < 1.29 is 47.3 Å². The second kappa shape index (κ2) is 10.3. The van der Waals surface area contributed by atoms with Gasteiger partial charge in [0.2, 0.25) is 5.58 Å². The zero-order chi connectivity index (χ0) is 28.0. The van der Waals surface area contributed by atoms with Gasteiger partial charge in [0.15, 0.2) is 11.6 Å². The van der Waals surface area contributed by atoms with Gasteiger partial charge in [0, 0.05) is 12.2 Å². The molecule has 0 radical (unpaired) electrons. The summed E-state index contributed by atoms with van der Waals surface area (Å²) in [6, 6.07) is 11.4. The van der Waals surface area contributed by atoms with Crippen LogP contribution in [0, 0.1) is 5.82 Å². The van der Waals surface area contributed by atoms with Gasteiger partial charge >= 0.3 is 12.1 Å². The molecule has 4 atom stereocenters. The predicted molar refractivity (Wildman–Crippen MR) is 134 cm³/mol. The lowest BCUT2D eigenvalue weighted by molar-refractivity contribution is -0.377. The summed E-state index contributed by atoms with van der Waals surface area (Å²) >= 11 is 1.09. The van der Waals surface area contributed by atoms with E-state index < -0.39 is 48.1 Å². The van der Waals surface area contributed by atoms with E-state index in [1.54, 1.807) is 6.92 Å². The third kappa shape index (κ3) is 4.50. The van der Waals surface area contributed by atoms with E-state index in [4.69, 9.17) is 23.8 Å². The first-order valence-electron chi connectivity index (χ1n) is 12.1. The summed E-state index contributed by atoms with van der Waals surface area (Å²) in [6.07, 6.45) is -3.62. The van der Waals surface area contributed by atoms with Crippen LogP contribution in [0.1, 0.15) is 24.1 Å². The molecule has 1 unspecified atom stereocenters. The molecule has 0 bridgehead atoms. The first-order chi connectivity index (χ1) is 19.3. The zero-order valence-corrected chi connectivity index (χ0v) is 21.6. The van der Waals surface area contributed by atoms with Crippen molar-refractivity contribution in [2.75, 3.05) is 17.4 Å². The summed E-state index contributed by atoms with van der Waals surface area (Å²) in [6.45, 7) is 1.45. The van der Waals surface area contributed by atoms with Gasteiger partial charge < -0.3 is 14.0 Å². The van der Waals surface area contributed by atoms with Crippen LogP contribution in [0.5, 0.6) is 0 Å². The number of aromatic nitrogens is 1. The van der Waals surface area contributed by atoms with Crippen molar-refractivity contribution in [2.24, 2.45) is 0 Å². The molecule has 3 aliphatic heterocycles. The minimum Gasteiger partial charge on any atom is -0.373 e. The average Bonchev–Trinajstić information content (AvgIpc) is 3.52. The number of halogens is 1. The molecule has 3 aliphatic rings. The molecule has 3 fully saturated rings. The second-order valence-electron chi connectivity index (χ2n) is 9.27. The predicted octanol–water partition coefficient (Wildman–Crippen LogP) is 2.70. The maximum absolute atomic E-state index is 15.3. The number of thioether (sulfide) groups is 1. The van der Waals surface area contributed by atoms with E-state index in [2.05, 4.69) is 10.5 Å². The number of benzene rings is 2. The maximum Gasteiger partial charge on any atom is 0.421 e. The largest absolute Gasteiger partial charge is 0.421 e. The maximum atomic E-state index is 15.3. The van der Waals surface area contributed by atoms with Crippen molar-refractivity contribution in [3.63, 3.8) is 0 Å². The number of cyclic esters (lactones) is 2. The summed E-state index contributed by atoms with van der Waals surface area (Å²) in [5.74, 6) is -2.72. The van der Waals surface area contributed by atoms with Gasteiger partial charge in [-0.05, 0) is 30.2 Å². The van der Waals surface area contributed by atoms with Gasteiger partial charge in [-0.25, -0.2) is 23.8 Å². The van der Waals surface area contributed by atoms with Crippen molar-refractivity contribution in [3.8, 4) is 0 Å². The molecule has 13 nitrogen and oxygen atoms in total. The van der Waals surface area contributed by atoms with Crippen LogP contribution in [0.15, 0.2) is 47.0 Å². The van der Waals surface area contributed by atoms with Crippen LogP contribution >= 0.6 is 11.8 Å². The molecule has 40 heavy (non-hydrogen) atoms. The van der Waals surface area contributed by atoms with E-state index in [9.17, 15) is 19.2 Å². The standard InChI is InChI=1S/C25H21FN4O9S/c1-12-20(27-11-35-39-12)37-25(21(31)28-23(33)36-22(25)32)9-13-7-15-18(16(26)8-13)38-29-19(15)30-17(10-40-24(30)34)14-5-3-2-4-6-14/h2-8,12,17,20,27H,9-11H2,1H3,(H,28,31,33)/t12-,17+,20-,25?/m0/s1. The number of imide groups is 1. The van der Waals surface area contributed by atoms with E-state index in [0.29, 0.717) is 5.75 Å². The summed E-state index contributed by atoms with van der Waals surface area (Å²) < 4.78 is 31.2. The van der Waals surface area contributed by atoms with Crippen LogP contribution in [0.2, 0.25) is 0 Å². The SMILES string of the molecule is C[C@@H]1OOCN[C@H]1OC1(Cc2cc(F)c3onc(N4C(=O)SC[C@@H]4c4ccccc4)c3c2)C(=O)NC(=O)OC1=O. The summed E-state index contributed by atoms with van der Waals surface area (Å²) in [5.41, 5.74) is -1.66. The normalized spacial score (nSPS) is 27.2. The first kappa shape index (κ1) is 26.3. The molecule has 2 aromatic carbocycles. The Kier molecular flexibility index (Phi) is 6.75. The first-order valence-corrected chi connectivity index (χ1v) is 13.1. The number of nitrogens with one attached hydrogen (secondary N) is 2. The fraction of sp³-hybridized carbons (Fsp3) is 0.320. The fourth-order valence-electron chi connectivity index (χ4n) is 4.79. The number of hydrogen-bond donors (Lipinski definition) is 2. The van der Waals surface area contributed by atoms with Gasteiger partial charge in [0.05, 0.1) is 11.4 Å². The van der Waals surface area contributed by atoms with Crippen LogP contribution < -0.4 is 15.5 Å². The van der Waals surface area contributed by atoms with Gasteiger partial charge in [-0.15, -0.1) is 0 Å². The molecule has 15 heteroatoms. The number of esters is 1. The molecular formula is C25H21FN4O9S. The van der Waals surface area contributed by atoms with Crippen molar-refractivity contribution in [1.82, 2.24) is 15.8 Å². The van der Waals surface area contributed by atoms with Crippen LogP contribution in [-0.4, -0.2) is 58.8 Å². The topological polar surface area (TPSA) is 159 Å². The van der Waals surface area contributed by atoms with Crippen molar-refractivity contribution >= 4 is 51.8 Å². The van der Waals surface area contributed by atoms with Crippen LogP contribution in [0.25, 0.3) is 11.0 Å². The second-order valence-corrected chi connectivity index (χ2v) is 10.2. The number of nitrogens with zero attached hydrogens (tertiary/aromatic N) is 2. The van der Waals surface area contributed by atoms with Crippen molar-refractivity contribution in [2.45, 2.75) is 37.3 Å². The number of anilines is 1. The molecular weight excluding hydrogens is 551 g/mol. The summed E-state index contributed by atoms with van der Waals surface area (Å²) in [7, 11) is 0. The van der Waals surface area contributed by atoms with Gasteiger partial charge in [-0.3, -0.25) is 25.1 Å². The van der Waals surface area contributed by atoms with E-state index in [-0.39, 0.29) is 40.4 Å². The van der Waals surface area contributed by atoms with Gasteiger partial charge in [0.25, 0.3) is 16.7 Å². The Morgan fingerprint density at radius 2 is 2.00 bits per heavy atom. The monoisotopic (exact) mass is 572 g/mol. The lowest BCUT2D eigenvalue weighted by Gasteiger charge is -2.38. The molecule has 3 saturated heterocycles. The van der Waals surface area contributed by atoms with Crippen LogP contribution in [0.4, 0.5) is 19.8 Å². The van der Waals surface area contributed by atoms with E-state index in [1.165, 1.54) is 11.0 Å². The quantitative estimate of drug-likeness (QED) is 0.253. The summed E-state index contributed by atoms with van der Waals surface area (Å²) in [4.78, 5) is 62.1. The van der Waals surface area contributed by atoms with E-state index in [1.807, 2.05) is 35.6 Å². The minimum atomic E-state index is -2.40. The Balaban J connectivity index is 1.40. The minimum absolute atomic E-state index is 0.0774. The molecule has 4 heterocycles. The highest BCUT2D eigenvalue weighted by Gasteiger charge is 2.56. The summed E-state index contributed by atoms with van der Waals surface area (Å²) in [5, 5.41) is 8.57. The van der Waals surface area contributed by atoms with E-state index in [0.717, 1.165) is 23.4 Å². The number of rotatable bonds is 6. The highest BCUT2D eigenvalue weighted by molar-refractivity contribution is 8.14. The molecule has 0 aliphatic carbocycles. The Labute approximate surface area is 229 Å². The fourth-order valence-corrected chi connectivity index (χ4v) is 5.78. The molecule has 3 aromatic rings. The lowest BCUT2D eigenvalue weighted by Crippen LogP contribution is -2.66. The smallest absolute Gasteiger partial charge is 0.373 e. The molecule has 1 aromatic heterocycles. The third-order valence-corrected chi connectivity index (χ3v) is 7.65. The number of carbonyl (C=O) groups is 4. The van der Waals surface area contributed by atoms with Gasteiger partial charge in [-0.1, -0.05) is 47.3 Å². The Bertz CT molecular complexity index is 1500. The lowest BCUT2D eigenvalue weighted by atomic mass is 9.91. The van der Waals surface area contributed by atoms with Crippen molar-refractivity contribution in [1.29, 1.82) is 0 Å². The van der Waals surface area contributed by atoms with Gasteiger partial charge in [-0.2, -0.15) is 0 Å². The molecule has 2 N–H and O–H groups in total.